The van der Waals surface area contributed by atoms with E-state index < -0.39 is 37.2 Å². The topological polar surface area (TPSA) is 251 Å². The van der Waals surface area contributed by atoms with Crippen LogP contribution in [0.5, 0.6) is 11.8 Å². The molecular weight excluding hydrogens is 956 g/mol. The molecule has 0 saturated heterocycles. The molecule has 0 spiro atoms. The Bertz CT molecular complexity index is 3430. The van der Waals surface area contributed by atoms with Gasteiger partial charge in [-0.3, -0.25) is 4.79 Å². The first kappa shape index (κ1) is 45.3. The Morgan fingerprint density at radius 1 is 0.652 bits per heavy atom. The molecule has 0 aliphatic carbocycles. The molecule has 8 heterocycles. The number of nitrogens with one attached hydrogen (secondary N) is 1. The Labute approximate surface area is 429 Å². The van der Waals surface area contributed by atoms with E-state index >= 15 is 0 Å². The van der Waals surface area contributed by atoms with E-state index in [4.69, 9.17) is 29.9 Å². The fraction of sp³-hybridized carbons (Fsp3) is 0.302. The standard InChI is InChI=1S/C14H13N7O.C8H12N4OP.C8H10N4O.C6H5N3O.2CH5P.2CH4.3CH3.H3P/c1-9(2)20-8-17-12-13(20)15-7-16-14(12)22-21-11-6-4-3-5-10(11)18-19-21;1-5(2)12-4-11-6-7(12)9-3-10-8(6)13-14;1-5(2)12-4-11-6-7(12)9-3-10-8(6)13;10-9-6-4-2-1-3-5(6)7-8-9;2*1-2;;;;;;/h3-9H,1-2H3;3-5H,1-2,14H3;3-5H,1-2H3,(H,9,10,13);1-4,10H;2*2H2,1H3;2*1H4;4*1H3/q;+1;;;;;;;3*-1;/p+2/i;14T3;;;2*2T2;;;;;;1T3/hT2. The predicted octanol–water partition coefficient (Wildman–Crippen LogP) is 7.80. The minimum Gasteiger partial charge on any atom is -0.410 e. The van der Waals surface area contributed by atoms with Crippen molar-refractivity contribution in [3.63, 3.8) is 0 Å². The lowest BCUT2D eigenvalue weighted by molar-refractivity contribution is 0.154. The lowest BCUT2D eigenvalue weighted by Gasteiger charge is -2.07. The molecule has 0 fully saturated rings. The molecular formula is C43H72N18O4P4. The van der Waals surface area contributed by atoms with Crippen molar-refractivity contribution in [1.29, 1.82) is 15.3 Å². The van der Waals surface area contributed by atoms with E-state index in [0.29, 0.717) is 44.8 Å². The number of H-pyrrole nitrogens is 1. The maximum Gasteiger partial charge on any atom is 0.307 e. The molecule has 10 aromatic rings. The maximum absolute atomic E-state index is 11.2. The van der Waals surface area contributed by atoms with Gasteiger partial charge in [-0.2, -0.15) is 19.7 Å². The number of para-hydroxylation sites is 2. The molecule has 0 bridgehead atoms. The number of aromatic amines is 1. The number of hydrogen-bond donors (Lipinski definition) is 2. The van der Waals surface area contributed by atoms with Crippen molar-refractivity contribution in [1.82, 2.24) is 88.9 Å². The highest BCUT2D eigenvalue weighted by Gasteiger charge is 2.16. The van der Waals surface area contributed by atoms with Gasteiger partial charge in [-0.1, -0.05) is 48.8 Å². The van der Waals surface area contributed by atoms with Gasteiger partial charge in [0.25, 0.3) is 25.0 Å². The normalized spacial score (nSPS) is 12.8. The van der Waals surface area contributed by atoms with Crippen LogP contribution in [0.25, 0.3) is 55.6 Å². The van der Waals surface area contributed by atoms with Gasteiger partial charge in [0.2, 0.25) is 0 Å². The second-order valence-electron chi connectivity index (χ2n) is 13.4. The van der Waals surface area contributed by atoms with Gasteiger partial charge >= 0.3 is 3.84 Å². The van der Waals surface area contributed by atoms with Crippen molar-refractivity contribution in [3.05, 3.63) is 119 Å². The first-order valence-corrected chi connectivity index (χ1v) is 21.2. The van der Waals surface area contributed by atoms with Crippen molar-refractivity contribution < 1.29 is 14.6 Å². The molecule has 10 rings (SSSR count). The lowest BCUT2D eigenvalue weighted by atomic mass is 10.3. The van der Waals surface area contributed by atoms with Crippen LogP contribution in [-0.2, 0) is 0 Å². The van der Waals surface area contributed by atoms with Gasteiger partial charge in [0, 0.05) is 31.5 Å². The molecule has 22 nitrogen and oxygen atoms in total. The summed E-state index contributed by atoms with van der Waals surface area (Å²) in [6.07, 6.45) is 9.11. The van der Waals surface area contributed by atoms with Crippen molar-refractivity contribution in [3.8, 4) is 11.8 Å². The average molecular weight is 1050 g/mol. The second kappa shape index (κ2) is 31.0. The molecule has 0 aliphatic rings. The number of hydrogen-bond acceptors (Lipinski definition) is 16. The largest absolute Gasteiger partial charge is 0.410 e. The van der Waals surface area contributed by atoms with Crippen molar-refractivity contribution in [2.75, 3.05) is 13.3 Å². The maximum atomic E-state index is 11.2. The van der Waals surface area contributed by atoms with E-state index in [1.54, 1.807) is 31.1 Å². The number of fused-ring (bicyclic) bond motifs is 5. The van der Waals surface area contributed by atoms with Crippen LogP contribution < -0.4 is 14.9 Å². The summed E-state index contributed by atoms with van der Waals surface area (Å²) in [5.74, 6) is 0.378. The summed E-state index contributed by atoms with van der Waals surface area (Å²) in [7, 11) is -10.8. The van der Waals surface area contributed by atoms with E-state index in [1.807, 2.05) is 77.8 Å². The summed E-state index contributed by atoms with van der Waals surface area (Å²) in [6.45, 7) is 14.7. The first-order valence-electron chi connectivity index (χ1n) is 24.4. The second-order valence-corrected chi connectivity index (χ2v) is 13.6. The zero-order chi connectivity index (χ0) is 56.7. The average Bonchev–Trinajstić information content (AvgIpc) is 4.16. The summed E-state index contributed by atoms with van der Waals surface area (Å²) < 4.78 is 88.3. The van der Waals surface area contributed by atoms with E-state index in [2.05, 4.69) is 79.3 Å². The smallest absolute Gasteiger partial charge is 0.307 e. The molecule has 0 aliphatic heterocycles. The van der Waals surface area contributed by atoms with Crippen LogP contribution in [0.1, 0.15) is 74.5 Å². The van der Waals surface area contributed by atoms with Crippen LogP contribution in [0.4, 0.5) is 0 Å². The van der Waals surface area contributed by atoms with Crippen LogP contribution in [0.2, 0.25) is 0 Å². The number of imidazole rings is 3. The minimum atomic E-state index is -3.65. The SMILES string of the molecule is C.C.CC(C)n1cnc2c(=O)[nH]cnc21.CC(C)n1cnc2c(On3nnc4ccccc43)ncnc21.On1nnc2ccccc21.[3H]P([3H])[3H].[3H][P+]([3H])([3H])C.[3H][P+]([3H])([3H])C.[3H][P+]([3H])([3H])Oc1ncnc2c1ncn2C(C)C.[CH3-].[CH3-].[CH3-]. The molecule has 2 aromatic carbocycles. The Morgan fingerprint density at radius 2 is 1.09 bits per heavy atom. The lowest BCUT2D eigenvalue weighted by Crippen LogP contribution is -2.09. The Morgan fingerprint density at radius 3 is 1.59 bits per heavy atom. The van der Waals surface area contributed by atoms with Gasteiger partial charge in [-0.25, -0.2) is 29.9 Å². The molecule has 0 unspecified atom stereocenters. The summed E-state index contributed by atoms with van der Waals surface area (Å²) in [5, 5.41) is 24.1. The summed E-state index contributed by atoms with van der Waals surface area (Å²) in [6, 6.07) is 15.4. The van der Waals surface area contributed by atoms with Crippen molar-refractivity contribution in [2.45, 2.75) is 74.5 Å². The highest BCUT2D eigenvalue weighted by atomic mass is 31.0. The molecule has 8 aromatic heterocycles. The zero-order valence-electron chi connectivity index (χ0n) is 50.9. The van der Waals surface area contributed by atoms with Gasteiger partial charge in [-0.15, -0.1) is 10.2 Å². The van der Waals surface area contributed by atoms with Crippen molar-refractivity contribution >= 4 is 92.7 Å². The number of nitrogens with zero attached hydrogens (tertiary/aromatic N) is 17. The Balaban J connectivity index is 0. The molecule has 0 radical (unpaired) electrons. The van der Waals surface area contributed by atoms with E-state index in [9.17, 15) is 4.79 Å². The zero-order valence-corrected chi connectivity index (χ0v) is 42.5. The van der Waals surface area contributed by atoms with Crippen LogP contribution >= 0.6 is 37.2 Å². The van der Waals surface area contributed by atoms with Crippen LogP contribution in [0, 0.1) is 22.3 Å². The van der Waals surface area contributed by atoms with Gasteiger partial charge in [0.15, 0.2) is 42.8 Å². The van der Waals surface area contributed by atoms with Gasteiger partial charge in [-0.05, 0) is 94.4 Å². The van der Waals surface area contributed by atoms with Gasteiger partial charge < -0.3 is 55.5 Å². The fourth-order valence-corrected chi connectivity index (χ4v) is 5.78. The van der Waals surface area contributed by atoms with Gasteiger partial charge in [0.1, 0.15) is 34.7 Å². The van der Waals surface area contributed by atoms with Gasteiger partial charge in [0.05, 0.1) is 29.1 Å². The van der Waals surface area contributed by atoms with Crippen LogP contribution in [-0.4, -0.2) is 123 Å². The summed E-state index contributed by atoms with van der Waals surface area (Å²) in [5.41, 5.74) is 5.97. The fourth-order valence-electron chi connectivity index (χ4n) is 5.64. The van der Waals surface area contributed by atoms with E-state index in [1.165, 1.54) is 37.2 Å². The van der Waals surface area contributed by atoms with E-state index in [0.717, 1.165) is 21.5 Å². The number of rotatable bonds is 7. The van der Waals surface area contributed by atoms with E-state index in [-0.39, 0.29) is 66.7 Å². The third kappa shape index (κ3) is 15.1. The molecule has 2 N–H and O–H groups in total. The predicted molar refractivity (Wildman–Crippen MR) is 298 cm³/mol. The van der Waals surface area contributed by atoms with Crippen molar-refractivity contribution in [2.24, 2.45) is 0 Å². The number of benzene rings is 2. The summed E-state index contributed by atoms with van der Waals surface area (Å²) in [4.78, 5) is 54.5. The highest BCUT2D eigenvalue weighted by Crippen LogP contribution is 2.24. The van der Waals surface area contributed by atoms with Crippen LogP contribution in [0.15, 0.2) is 91.3 Å². The number of aromatic nitrogens is 18. The third-order valence-corrected chi connectivity index (χ3v) is 8.77. The summed E-state index contributed by atoms with van der Waals surface area (Å²) >= 11 is 0. The highest BCUT2D eigenvalue weighted by molar-refractivity contribution is 7.15. The first-order chi connectivity index (χ1) is 35.4. The Hall–Kier alpha value is -6.19. The third-order valence-electron chi connectivity index (χ3n) is 8.60. The Kier molecular flexibility index (Phi) is 20.4. The molecule has 69 heavy (non-hydrogen) atoms. The monoisotopic (exact) mass is 1050 g/mol. The molecule has 378 valence electrons. The molecule has 0 saturated carbocycles. The molecule has 0 amide bonds. The minimum absolute atomic E-state index is 0. The molecule has 26 heteroatoms. The van der Waals surface area contributed by atoms with Crippen LogP contribution in [0.3, 0.4) is 0 Å². The molecule has 0 atom stereocenters. The quantitative estimate of drug-likeness (QED) is 0.0877.